The summed E-state index contributed by atoms with van der Waals surface area (Å²) in [6, 6.07) is 1.31. The van der Waals surface area contributed by atoms with Crippen molar-refractivity contribution in [3.05, 3.63) is 24.3 Å². The summed E-state index contributed by atoms with van der Waals surface area (Å²) in [5.41, 5.74) is 0.523. The Hall–Kier alpha value is -0.820. The molecule has 0 amide bonds. The van der Waals surface area contributed by atoms with Crippen LogP contribution in [-0.2, 0) is 0 Å². The van der Waals surface area contributed by atoms with E-state index in [0.717, 1.165) is 6.20 Å². The highest BCUT2D eigenvalue weighted by atomic mass is 31.0. The van der Waals surface area contributed by atoms with Gasteiger partial charge in [-0.15, -0.1) is 0 Å². The van der Waals surface area contributed by atoms with Crippen LogP contribution in [0.15, 0.2) is 23.5 Å². The van der Waals surface area contributed by atoms with E-state index in [2.05, 4.69) is 19.2 Å². The van der Waals surface area contributed by atoms with Gasteiger partial charge in [0.1, 0.15) is 5.82 Å². The second-order valence-electron chi connectivity index (χ2n) is 1.64. The predicted molar refractivity (Wildman–Crippen MR) is 42.1 cm³/mol. The molecule has 0 saturated carbocycles. The van der Waals surface area contributed by atoms with Gasteiger partial charge in [-0.1, -0.05) is 9.24 Å². The molecule has 0 N–H and O–H groups in total. The van der Waals surface area contributed by atoms with Gasteiger partial charge in [-0.25, -0.2) is 4.39 Å². The molecular formula is C6H6FN2P. The van der Waals surface area contributed by atoms with E-state index in [-0.39, 0.29) is 5.82 Å². The van der Waals surface area contributed by atoms with Crippen molar-refractivity contribution in [1.29, 1.82) is 0 Å². The van der Waals surface area contributed by atoms with Gasteiger partial charge in [0.2, 0.25) is 0 Å². The van der Waals surface area contributed by atoms with E-state index in [1.54, 1.807) is 0 Å². The molecule has 1 atom stereocenters. The first kappa shape index (κ1) is 7.29. The molecule has 4 heteroatoms. The number of aromatic nitrogens is 1. The molecule has 52 valence electrons. The van der Waals surface area contributed by atoms with E-state index in [9.17, 15) is 4.39 Å². The lowest BCUT2D eigenvalue weighted by Gasteiger charge is -1.89. The third-order valence-corrected chi connectivity index (χ3v) is 1.06. The number of hydrogen-bond donors (Lipinski definition) is 0. The van der Waals surface area contributed by atoms with Crippen molar-refractivity contribution in [2.24, 2.45) is 4.99 Å². The summed E-state index contributed by atoms with van der Waals surface area (Å²) in [6.45, 7) is 0. The molecule has 0 radical (unpaired) electrons. The molecule has 10 heavy (non-hydrogen) atoms. The second kappa shape index (κ2) is 3.37. The van der Waals surface area contributed by atoms with E-state index in [0.29, 0.717) is 5.69 Å². The average Bonchev–Trinajstić information content (AvgIpc) is 1.88. The van der Waals surface area contributed by atoms with E-state index < -0.39 is 0 Å². The lowest BCUT2D eigenvalue weighted by Crippen LogP contribution is -1.74. The Labute approximate surface area is 60.4 Å². The molecule has 0 bridgehead atoms. The van der Waals surface area contributed by atoms with Crippen molar-refractivity contribution in [2.75, 3.05) is 0 Å². The number of halogens is 1. The third kappa shape index (κ3) is 1.85. The maximum atomic E-state index is 12.3. The van der Waals surface area contributed by atoms with Gasteiger partial charge in [-0.3, -0.25) is 9.98 Å². The van der Waals surface area contributed by atoms with Gasteiger partial charge in [0, 0.05) is 12.0 Å². The minimum absolute atomic E-state index is 0.367. The molecule has 0 aromatic carbocycles. The molecule has 0 aliphatic heterocycles. The maximum absolute atomic E-state index is 12.3. The Kier molecular flexibility index (Phi) is 2.46. The van der Waals surface area contributed by atoms with Crippen LogP contribution in [0.2, 0.25) is 0 Å². The van der Waals surface area contributed by atoms with E-state index >= 15 is 0 Å². The topological polar surface area (TPSA) is 25.2 Å². The standard InChI is InChI=1S/C6H6FN2P/c7-5-1-6(9-4-10)3-8-2-5/h1-4H,10H2. The van der Waals surface area contributed by atoms with Gasteiger partial charge < -0.3 is 0 Å². The largest absolute Gasteiger partial charge is 0.259 e. The summed E-state index contributed by atoms with van der Waals surface area (Å²) in [5.74, 6) is 1.14. The van der Waals surface area contributed by atoms with Crippen LogP contribution in [0.5, 0.6) is 0 Å². The lowest BCUT2D eigenvalue weighted by atomic mass is 10.4. The van der Waals surface area contributed by atoms with Crippen molar-refractivity contribution in [3.63, 3.8) is 0 Å². The first-order valence-electron chi connectivity index (χ1n) is 2.68. The minimum atomic E-state index is -0.367. The summed E-state index contributed by atoms with van der Waals surface area (Å²) in [7, 11) is 2.30. The number of aliphatic imine (C=N–C) groups is 1. The van der Waals surface area contributed by atoms with E-state index in [1.807, 2.05) is 0 Å². The maximum Gasteiger partial charge on any atom is 0.143 e. The van der Waals surface area contributed by atoms with Crippen molar-refractivity contribution in [1.82, 2.24) is 4.98 Å². The van der Waals surface area contributed by atoms with Gasteiger partial charge >= 0.3 is 0 Å². The molecule has 2 nitrogen and oxygen atoms in total. The van der Waals surface area contributed by atoms with Gasteiger partial charge in [-0.2, -0.15) is 0 Å². The highest BCUT2D eigenvalue weighted by Gasteiger charge is 1.90. The fourth-order valence-electron chi connectivity index (χ4n) is 0.557. The summed E-state index contributed by atoms with van der Waals surface area (Å²) in [6.07, 6.45) is 2.63. The molecular weight excluding hydrogens is 150 g/mol. The van der Waals surface area contributed by atoms with Crippen LogP contribution in [0.1, 0.15) is 0 Å². The predicted octanol–water partition coefficient (Wildman–Crippen LogP) is 1.76. The summed E-state index contributed by atoms with van der Waals surface area (Å²) >= 11 is 0. The smallest absolute Gasteiger partial charge is 0.143 e. The van der Waals surface area contributed by atoms with Crippen molar-refractivity contribution < 1.29 is 4.39 Å². The molecule has 0 saturated heterocycles. The Morgan fingerprint density at radius 1 is 1.60 bits per heavy atom. The zero-order chi connectivity index (χ0) is 7.40. The fourth-order valence-corrected chi connectivity index (χ4v) is 0.729. The molecule has 0 fully saturated rings. The van der Waals surface area contributed by atoms with Crippen LogP contribution in [-0.4, -0.2) is 10.9 Å². The quantitative estimate of drug-likeness (QED) is 0.449. The minimum Gasteiger partial charge on any atom is -0.259 e. The van der Waals surface area contributed by atoms with Crippen LogP contribution < -0.4 is 0 Å². The van der Waals surface area contributed by atoms with Crippen LogP contribution in [0, 0.1) is 5.82 Å². The SMILES string of the molecule is Fc1cncc(N=CP)c1. The molecule has 1 heterocycles. The van der Waals surface area contributed by atoms with Gasteiger partial charge in [0.05, 0.1) is 18.1 Å². The lowest BCUT2D eigenvalue weighted by molar-refractivity contribution is 0.622. The summed E-state index contributed by atoms with van der Waals surface area (Å²) in [5, 5.41) is 0. The van der Waals surface area contributed by atoms with Gasteiger partial charge in [0.15, 0.2) is 0 Å². The Bertz CT molecular complexity index is 249. The Morgan fingerprint density at radius 3 is 3.00 bits per heavy atom. The number of hydrogen-bond acceptors (Lipinski definition) is 2. The molecule has 1 unspecified atom stereocenters. The highest BCUT2D eigenvalue weighted by Crippen LogP contribution is 2.09. The molecule has 1 rings (SSSR count). The third-order valence-electron chi connectivity index (χ3n) is 0.914. The molecule has 0 aliphatic carbocycles. The van der Waals surface area contributed by atoms with E-state index in [4.69, 9.17) is 0 Å². The number of pyridine rings is 1. The Balaban J connectivity index is 2.95. The van der Waals surface area contributed by atoms with Crippen molar-refractivity contribution in [3.8, 4) is 0 Å². The first-order valence-corrected chi connectivity index (χ1v) is 3.34. The highest BCUT2D eigenvalue weighted by molar-refractivity contribution is 7.36. The Morgan fingerprint density at radius 2 is 2.40 bits per heavy atom. The van der Waals surface area contributed by atoms with Crippen LogP contribution in [0.4, 0.5) is 10.1 Å². The van der Waals surface area contributed by atoms with Crippen LogP contribution >= 0.6 is 9.24 Å². The van der Waals surface area contributed by atoms with Crippen molar-refractivity contribution >= 4 is 20.9 Å². The first-order chi connectivity index (χ1) is 4.83. The van der Waals surface area contributed by atoms with Crippen LogP contribution in [0.25, 0.3) is 0 Å². The fraction of sp³-hybridized carbons (Fsp3) is 0. The van der Waals surface area contributed by atoms with Gasteiger partial charge in [0.25, 0.3) is 0 Å². The van der Waals surface area contributed by atoms with Crippen LogP contribution in [0.3, 0.4) is 0 Å². The molecule has 0 aliphatic rings. The molecule has 0 spiro atoms. The average molecular weight is 156 g/mol. The second-order valence-corrected chi connectivity index (χ2v) is 1.94. The monoisotopic (exact) mass is 156 g/mol. The van der Waals surface area contributed by atoms with Crippen molar-refractivity contribution in [2.45, 2.75) is 0 Å². The zero-order valence-electron chi connectivity index (χ0n) is 5.16. The molecule has 1 aromatic heterocycles. The summed E-state index contributed by atoms with van der Waals surface area (Å²) < 4.78 is 12.3. The van der Waals surface area contributed by atoms with E-state index in [1.165, 1.54) is 18.2 Å². The summed E-state index contributed by atoms with van der Waals surface area (Å²) in [4.78, 5) is 7.41. The number of nitrogens with zero attached hydrogens (tertiary/aromatic N) is 2. The van der Waals surface area contributed by atoms with Gasteiger partial charge in [-0.05, 0) is 0 Å². The molecule has 1 aromatic rings. The normalized spacial score (nSPS) is 10.6. The zero-order valence-corrected chi connectivity index (χ0v) is 6.31. The number of rotatable bonds is 1.